The van der Waals surface area contributed by atoms with Crippen molar-refractivity contribution in [3.8, 4) is 5.69 Å². The monoisotopic (exact) mass is 343 g/mol. The molecule has 0 spiro atoms. The van der Waals surface area contributed by atoms with Crippen LogP contribution in [0.3, 0.4) is 0 Å². The molecule has 0 saturated carbocycles. The third-order valence-electron chi connectivity index (χ3n) is 3.40. The zero-order valence-electron chi connectivity index (χ0n) is 13.0. The lowest BCUT2D eigenvalue weighted by Crippen LogP contribution is -2.24. The number of benzene rings is 1. The number of nitrogens with one attached hydrogen (secondary N) is 1. The SMILES string of the molecule is Cc1ccc(-n2nc(C(=O)Nc3cnn(C)c3)ccc2=O)cc1Cl. The van der Waals surface area contributed by atoms with Crippen molar-refractivity contribution in [2.75, 3.05) is 5.32 Å². The average molecular weight is 344 g/mol. The van der Waals surface area contributed by atoms with Crippen molar-refractivity contribution < 1.29 is 4.79 Å². The molecule has 1 amide bonds. The van der Waals surface area contributed by atoms with Gasteiger partial charge in [-0.25, -0.2) is 0 Å². The van der Waals surface area contributed by atoms with E-state index in [0.717, 1.165) is 10.2 Å². The van der Waals surface area contributed by atoms with Crippen molar-refractivity contribution in [3.63, 3.8) is 0 Å². The smallest absolute Gasteiger partial charge is 0.276 e. The van der Waals surface area contributed by atoms with Crippen molar-refractivity contribution in [1.82, 2.24) is 19.6 Å². The summed E-state index contributed by atoms with van der Waals surface area (Å²) in [5.41, 5.74) is 1.67. The van der Waals surface area contributed by atoms with Gasteiger partial charge in [-0.3, -0.25) is 14.3 Å². The van der Waals surface area contributed by atoms with E-state index in [-0.39, 0.29) is 11.3 Å². The number of hydrogen-bond acceptors (Lipinski definition) is 4. The largest absolute Gasteiger partial charge is 0.318 e. The number of carbonyl (C=O) groups is 1. The summed E-state index contributed by atoms with van der Waals surface area (Å²) in [6, 6.07) is 7.81. The highest BCUT2D eigenvalue weighted by atomic mass is 35.5. The Hall–Kier alpha value is -2.93. The van der Waals surface area contributed by atoms with Gasteiger partial charge in [0.1, 0.15) is 5.69 Å². The molecule has 8 heteroatoms. The number of hydrogen-bond donors (Lipinski definition) is 1. The van der Waals surface area contributed by atoms with Gasteiger partial charge in [-0.2, -0.15) is 14.9 Å². The minimum atomic E-state index is -0.435. The van der Waals surface area contributed by atoms with Gasteiger partial charge in [-0.05, 0) is 30.7 Å². The van der Waals surface area contributed by atoms with Gasteiger partial charge in [0.15, 0.2) is 0 Å². The molecule has 0 aliphatic heterocycles. The van der Waals surface area contributed by atoms with Gasteiger partial charge in [0.05, 0.1) is 17.6 Å². The maximum atomic E-state index is 12.3. The number of anilines is 1. The number of aromatic nitrogens is 4. The van der Waals surface area contributed by atoms with Crippen LogP contribution in [-0.2, 0) is 7.05 Å². The van der Waals surface area contributed by atoms with E-state index in [0.29, 0.717) is 16.4 Å². The lowest BCUT2D eigenvalue weighted by molar-refractivity contribution is 0.102. The van der Waals surface area contributed by atoms with Crippen LogP contribution >= 0.6 is 11.6 Å². The summed E-state index contributed by atoms with van der Waals surface area (Å²) in [5, 5.41) is 11.3. The van der Waals surface area contributed by atoms with Crippen LogP contribution in [0, 0.1) is 6.92 Å². The van der Waals surface area contributed by atoms with E-state index >= 15 is 0 Å². The lowest BCUT2D eigenvalue weighted by atomic mass is 10.2. The van der Waals surface area contributed by atoms with E-state index in [1.165, 1.54) is 18.3 Å². The number of rotatable bonds is 3. The number of nitrogens with zero attached hydrogens (tertiary/aromatic N) is 4. The Bertz CT molecular complexity index is 977. The van der Waals surface area contributed by atoms with E-state index in [1.807, 2.05) is 6.92 Å². The first-order chi connectivity index (χ1) is 11.4. The Morgan fingerprint density at radius 1 is 1.25 bits per heavy atom. The highest BCUT2D eigenvalue weighted by Crippen LogP contribution is 2.18. The van der Waals surface area contributed by atoms with Crippen LogP contribution in [0.25, 0.3) is 5.69 Å². The van der Waals surface area contributed by atoms with Crippen molar-refractivity contribution >= 4 is 23.2 Å². The molecular weight excluding hydrogens is 330 g/mol. The maximum Gasteiger partial charge on any atom is 0.276 e. The number of halogens is 1. The molecule has 2 aromatic heterocycles. The fraction of sp³-hybridized carbons (Fsp3) is 0.125. The second-order valence-corrected chi connectivity index (χ2v) is 5.67. The van der Waals surface area contributed by atoms with Gasteiger partial charge in [0.25, 0.3) is 11.5 Å². The quantitative estimate of drug-likeness (QED) is 0.790. The molecule has 0 aliphatic rings. The van der Waals surface area contributed by atoms with Gasteiger partial charge >= 0.3 is 0 Å². The van der Waals surface area contributed by atoms with Crippen LogP contribution in [0.4, 0.5) is 5.69 Å². The molecule has 3 aromatic rings. The zero-order chi connectivity index (χ0) is 17.3. The molecule has 1 aromatic carbocycles. The van der Waals surface area contributed by atoms with Gasteiger partial charge in [-0.15, -0.1) is 0 Å². The Labute approximate surface area is 142 Å². The van der Waals surface area contributed by atoms with E-state index in [1.54, 1.807) is 36.1 Å². The fourth-order valence-corrected chi connectivity index (χ4v) is 2.29. The van der Waals surface area contributed by atoms with E-state index < -0.39 is 5.91 Å². The van der Waals surface area contributed by atoms with E-state index in [9.17, 15) is 9.59 Å². The van der Waals surface area contributed by atoms with Crippen LogP contribution in [0.2, 0.25) is 5.02 Å². The molecule has 24 heavy (non-hydrogen) atoms. The van der Waals surface area contributed by atoms with Gasteiger partial charge in [0.2, 0.25) is 0 Å². The number of aryl methyl sites for hydroxylation is 2. The zero-order valence-corrected chi connectivity index (χ0v) is 13.8. The summed E-state index contributed by atoms with van der Waals surface area (Å²) < 4.78 is 2.71. The second kappa shape index (κ2) is 6.29. The molecule has 7 nitrogen and oxygen atoms in total. The minimum Gasteiger partial charge on any atom is -0.318 e. The standard InChI is InChI=1S/C16H14ClN5O2/c1-10-3-4-12(7-13(10)17)22-15(23)6-5-14(20-22)16(24)19-11-8-18-21(2)9-11/h3-9H,1-2H3,(H,19,24). The van der Waals surface area contributed by atoms with Gasteiger partial charge in [0, 0.05) is 24.3 Å². The van der Waals surface area contributed by atoms with Gasteiger partial charge in [-0.1, -0.05) is 17.7 Å². The molecular formula is C16H14ClN5O2. The van der Waals surface area contributed by atoms with Gasteiger partial charge < -0.3 is 5.32 Å². The molecule has 0 radical (unpaired) electrons. The van der Waals surface area contributed by atoms with Crippen molar-refractivity contribution in [2.24, 2.45) is 7.05 Å². The van der Waals surface area contributed by atoms with Crippen molar-refractivity contribution in [2.45, 2.75) is 6.92 Å². The first kappa shape index (κ1) is 15.9. The molecule has 2 heterocycles. The first-order valence-electron chi connectivity index (χ1n) is 7.11. The van der Waals surface area contributed by atoms with Crippen LogP contribution in [0.1, 0.15) is 16.1 Å². The topological polar surface area (TPSA) is 81.8 Å². The van der Waals surface area contributed by atoms with Crippen molar-refractivity contribution in [1.29, 1.82) is 0 Å². The van der Waals surface area contributed by atoms with Crippen LogP contribution in [0.5, 0.6) is 0 Å². The van der Waals surface area contributed by atoms with E-state index in [2.05, 4.69) is 15.5 Å². The highest BCUT2D eigenvalue weighted by molar-refractivity contribution is 6.31. The molecule has 3 rings (SSSR count). The molecule has 0 saturated heterocycles. The molecule has 122 valence electrons. The number of amides is 1. The lowest BCUT2D eigenvalue weighted by Gasteiger charge is -2.08. The summed E-state index contributed by atoms with van der Waals surface area (Å²) in [4.78, 5) is 24.4. The summed E-state index contributed by atoms with van der Waals surface area (Å²) in [6.45, 7) is 1.86. The molecule has 0 aliphatic carbocycles. The first-order valence-corrected chi connectivity index (χ1v) is 7.49. The Morgan fingerprint density at radius 2 is 2.04 bits per heavy atom. The molecule has 0 atom stereocenters. The fourth-order valence-electron chi connectivity index (χ4n) is 2.11. The molecule has 0 fully saturated rings. The average Bonchev–Trinajstić information content (AvgIpc) is 2.95. The minimum absolute atomic E-state index is 0.107. The number of carbonyl (C=O) groups excluding carboxylic acids is 1. The van der Waals surface area contributed by atoms with Crippen LogP contribution < -0.4 is 10.9 Å². The summed E-state index contributed by atoms with van der Waals surface area (Å²) in [6.07, 6.45) is 3.18. The molecule has 0 unspecified atom stereocenters. The van der Waals surface area contributed by atoms with E-state index in [4.69, 9.17) is 11.6 Å². The summed E-state index contributed by atoms with van der Waals surface area (Å²) in [7, 11) is 1.75. The Balaban J connectivity index is 1.95. The predicted molar refractivity (Wildman–Crippen MR) is 90.7 cm³/mol. The molecule has 1 N–H and O–H groups in total. The molecule has 0 bridgehead atoms. The van der Waals surface area contributed by atoms with Crippen LogP contribution in [0.15, 0.2) is 47.5 Å². The highest BCUT2D eigenvalue weighted by Gasteiger charge is 2.12. The maximum absolute atomic E-state index is 12.3. The van der Waals surface area contributed by atoms with Crippen LogP contribution in [-0.4, -0.2) is 25.5 Å². The Kier molecular flexibility index (Phi) is 4.18. The third-order valence-corrected chi connectivity index (χ3v) is 3.80. The van der Waals surface area contributed by atoms with Crippen molar-refractivity contribution in [3.05, 3.63) is 69.4 Å². The second-order valence-electron chi connectivity index (χ2n) is 5.26. The summed E-state index contributed by atoms with van der Waals surface area (Å²) >= 11 is 6.10. The Morgan fingerprint density at radius 3 is 2.71 bits per heavy atom. The predicted octanol–water partition coefficient (Wildman–Crippen LogP) is 2.18. The summed E-state index contributed by atoms with van der Waals surface area (Å²) in [5.74, 6) is -0.435. The third kappa shape index (κ3) is 3.21. The normalized spacial score (nSPS) is 10.6.